The quantitative estimate of drug-likeness (QED) is 0.668. The lowest BCUT2D eigenvalue weighted by molar-refractivity contribution is -0.120. The van der Waals surface area contributed by atoms with E-state index in [4.69, 9.17) is 8.83 Å². The van der Waals surface area contributed by atoms with Crippen LogP contribution in [0.5, 0.6) is 0 Å². The summed E-state index contributed by atoms with van der Waals surface area (Å²) in [4.78, 5) is 12.1. The molecule has 0 fully saturated rings. The number of thioether (sulfide) groups is 1. The Morgan fingerprint density at radius 3 is 2.74 bits per heavy atom. The van der Waals surface area contributed by atoms with Gasteiger partial charge in [0.05, 0.1) is 30.9 Å². The molecule has 0 saturated carbocycles. The van der Waals surface area contributed by atoms with Crippen LogP contribution in [0, 0.1) is 0 Å². The Morgan fingerprint density at radius 2 is 2.04 bits per heavy atom. The molecule has 0 unspecified atom stereocenters. The van der Waals surface area contributed by atoms with Crippen LogP contribution in [0.4, 0.5) is 0 Å². The minimum atomic E-state index is -0.301. The van der Waals surface area contributed by atoms with Crippen molar-refractivity contribution in [2.24, 2.45) is 0 Å². The minimum absolute atomic E-state index is 0.0843. The van der Waals surface area contributed by atoms with Gasteiger partial charge in [0.2, 0.25) is 5.91 Å². The summed E-state index contributed by atoms with van der Waals surface area (Å²) in [6.07, 6.45) is 4.83. The molecule has 1 N–H and O–H groups in total. The zero-order valence-corrected chi connectivity index (χ0v) is 13.3. The summed E-state index contributed by atoms with van der Waals surface area (Å²) in [6, 6.07) is 7.32. The predicted molar refractivity (Wildman–Crippen MR) is 83.7 cm³/mol. The molecule has 1 atom stereocenters. The van der Waals surface area contributed by atoms with Gasteiger partial charge in [0.1, 0.15) is 17.8 Å². The average Bonchev–Trinajstić information content (AvgIpc) is 3.28. The van der Waals surface area contributed by atoms with E-state index < -0.39 is 0 Å². The first-order valence-corrected chi connectivity index (χ1v) is 7.97. The van der Waals surface area contributed by atoms with Gasteiger partial charge in [-0.1, -0.05) is 11.8 Å². The number of hydrogen-bond donors (Lipinski definition) is 1. The van der Waals surface area contributed by atoms with E-state index >= 15 is 0 Å². The van der Waals surface area contributed by atoms with E-state index in [0.717, 1.165) is 11.5 Å². The smallest absolute Gasteiger partial charge is 0.233 e. The molecule has 3 aromatic rings. The van der Waals surface area contributed by atoms with Gasteiger partial charge >= 0.3 is 0 Å². The van der Waals surface area contributed by atoms with Crippen LogP contribution in [0.3, 0.4) is 0 Å². The molecule has 0 aliphatic heterocycles. The second kappa shape index (κ2) is 7.19. The van der Waals surface area contributed by atoms with E-state index in [1.54, 1.807) is 24.9 Å². The average molecular weight is 332 g/mol. The molecule has 0 aliphatic carbocycles. The fourth-order valence-electron chi connectivity index (χ4n) is 1.96. The first-order chi connectivity index (χ1) is 11.2. The highest BCUT2D eigenvalue weighted by Gasteiger charge is 2.18. The molecule has 3 aromatic heterocycles. The highest BCUT2D eigenvalue weighted by atomic mass is 32.2. The van der Waals surface area contributed by atoms with Gasteiger partial charge in [-0.25, -0.2) is 0 Å². The molecule has 0 bridgehead atoms. The Balaban J connectivity index is 1.56. The van der Waals surface area contributed by atoms with Crippen LogP contribution in [-0.4, -0.2) is 25.9 Å². The number of furan rings is 2. The van der Waals surface area contributed by atoms with Gasteiger partial charge in [0.15, 0.2) is 5.16 Å². The third kappa shape index (κ3) is 4.04. The van der Waals surface area contributed by atoms with Crippen molar-refractivity contribution < 1.29 is 13.6 Å². The number of aromatic nitrogens is 3. The van der Waals surface area contributed by atoms with E-state index in [9.17, 15) is 4.79 Å². The van der Waals surface area contributed by atoms with E-state index in [-0.39, 0.29) is 11.2 Å². The number of rotatable bonds is 7. The minimum Gasteiger partial charge on any atom is -0.467 e. The van der Waals surface area contributed by atoms with Crippen LogP contribution in [-0.2, 0) is 17.9 Å². The maximum absolute atomic E-state index is 12.1. The molecule has 0 aromatic carbocycles. The molecule has 8 heteroatoms. The van der Waals surface area contributed by atoms with Crippen LogP contribution >= 0.6 is 11.8 Å². The van der Waals surface area contributed by atoms with Crippen LogP contribution < -0.4 is 5.32 Å². The second-order valence-corrected chi connectivity index (χ2v) is 6.19. The Hall–Kier alpha value is -2.48. The fourth-order valence-corrected chi connectivity index (χ4v) is 2.81. The first kappa shape index (κ1) is 15.4. The van der Waals surface area contributed by atoms with Gasteiger partial charge in [-0.3, -0.25) is 4.79 Å². The zero-order valence-electron chi connectivity index (χ0n) is 12.5. The van der Waals surface area contributed by atoms with Gasteiger partial charge < -0.3 is 18.7 Å². The molecule has 23 heavy (non-hydrogen) atoms. The van der Waals surface area contributed by atoms with Gasteiger partial charge in [0.25, 0.3) is 0 Å². The van der Waals surface area contributed by atoms with E-state index in [2.05, 4.69) is 15.5 Å². The molecule has 0 spiro atoms. The highest BCUT2D eigenvalue weighted by molar-refractivity contribution is 8.00. The summed E-state index contributed by atoms with van der Waals surface area (Å²) in [5.74, 6) is 1.44. The van der Waals surface area contributed by atoms with Crippen molar-refractivity contribution in [3.8, 4) is 0 Å². The van der Waals surface area contributed by atoms with Crippen molar-refractivity contribution in [1.82, 2.24) is 20.1 Å². The largest absolute Gasteiger partial charge is 0.467 e. The van der Waals surface area contributed by atoms with E-state index in [1.165, 1.54) is 11.8 Å². The van der Waals surface area contributed by atoms with Gasteiger partial charge in [0, 0.05) is 0 Å². The molecule has 120 valence electrons. The lowest BCUT2D eigenvalue weighted by Gasteiger charge is -2.11. The third-order valence-corrected chi connectivity index (χ3v) is 4.25. The highest BCUT2D eigenvalue weighted by Crippen LogP contribution is 2.22. The fraction of sp³-hybridized carbons (Fsp3) is 0.267. The van der Waals surface area contributed by atoms with E-state index in [1.807, 2.05) is 29.7 Å². The topological polar surface area (TPSA) is 86.1 Å². The Morgan fingerprint density at radius 1 is 1.30 bits per heavy atom. The predicted octanol–water partition coefficient (Wildman–Crippen LogP) is 2.31. The lowest BCUT2D eigenvalue weighted by Crippen LogP contribution is -2.30. The Bertz CT molecular complexity index is 737. The van der Waals surface area contributed by atoms with Crippen LogP contribution in [0.15, 0.2) is 57.1 Å². The Labute approximate surface area is 137 Å². The summed E-state index contributed by atoms with van der Waals surface area (Å²) in [5, 5.41) is 11.2. The van der Waals surface area contributed by atoms with Gasteiger partial charge in [-0.15, -0.1) is 10.2 Å². The number of carbonyl (C=O) groups is 1. The summed E-state index contributed by atoms with van der Waals surface area (Å²) >= 11 is 1.35. The maximum Gasteiger partial charge on any atom is 0.233 e. The van der Waals surface area contributed by atoms with Crippen LogP contribution in [0.2, 0.25) is 0 Å². The second-order valence-electron chi connectivity index (χ2n) is 4.88. The molecular weight excluding hydrogens is 316 g/mol. The van der Waals surface area contributed by atoms with Gasteiger partial charge in [-0.2, -0.15) is 0 Å². The number of nitrogens with zero attached hydrogens (tertiary/aromatic N) is 3. The summed E-state index contributed by atoms with van der Waals surface area (Å²) in [6.45, 7) is 2.73. The van der Waals surface area contributed by atoms with E-state index in [0.29, 0.717) is 18.2 Å². The summed E-state index contributed by atoms with van der Waals surface area (Å²) in [7, 11) is 0. The van der Waals surface area contributed by atoms with Crippen LogP contribution in [0.25, 0.3) is 0 Å². The number of hydrogen-bond acceptors (Lipinski definition) is 6. The summed E-state index contributed by atoms with van der Waals surface area (Å²) in [5.41, 5.74) is 0. The first-order valence-electron chi connectivity index (χ1n) is 7.09. The zero-order chi connectivity index (χ0) is 16.1. The molecule has 0 radical (unpaired) electrons. The molecular formula is C15H16N4O3S. The standard InChI is InChI=1S/C15H16N4O3S/c1-11(14(20)16-8-12-4-2-6-21-12)23-15-18-17-10-19(15)9-13-5-3-7-22-13/h2-7,10-11H,8-9H2,1H3,(H,16,20)/t11-/m0/s1. The normalized spacial score (nSPS) is 12.2. The number of carbonyl (C=O) groups excluding carboxylic acids is 1. The number of amides is 1. The number of nitrogens with one attached hydrogen (secondary N) is 1. The Kier molecular flexibility index (Phi) is 4.82. The lowest BCUT2D eigenvalue weighted by atomic mass is 10.4. The van der Waals surface area contributed by atoms with Crippen molar-refractivity contribution in [3.05, 3.63) is 54.6 Å². The molecule has 7 nitrogen and oxygen atoms in total. The molecule has 0 saturated heterocycles. The molecule has 1 amide bonds. The third-order valence-electron chi connectivity index (χ3n) is 3.15. The molecule has 0 aliphatic rings. The van der Waals surface area contributed by atoms with Crippen molar-refractivity contribution in [3.63, 3.8) is 0 Å². The maximum atomic E-state index is 12.1. The van der Waals surface area contributed by atoms with Crippen molar-refractivity contribution in [2.75, 3.05) is 0 Å². The summed E-state index contributed by atoms with van der Waals surface area (Å²) < 4.78 is 12.4. The SMILES string of the molecule is C[C@H](Sc1nncn1Cc1ccco1)C(=O)NCc1ccco1. The van der Waals surface area contributed by atoms with Crippen molar-refractivity contribution >= 4 is 17.7 Å². The molecule has 3 rings (SSSR count). The van der Waals surface area contributed by atoms with Crippen molar-refractivity contribution in [1.29, 1.82) is 0 Å². The molecule has 3 heterocycles. The monoisotopic (exact) mass is 332 g/mol. The van der Waals surface area contributed by atoms with Gasteiger partial charge in [-0.05, 0) is 31.2 Å². The van der Waals surface area contributed by atoms with Crippen LogP contribution in [0.1, 0.15) is 18.4 Å². The van der Waals surface area contributed by atoms with Crippen molar-refractivity contribution in [2.45, 2.75) is 30.4 Å².